The zero-order valence-corrected chi connectivity index (χ0v) is 16.2. The summed E-state index contributed by atoms with van der Waals surface area (Å²) in [7, 11) is 2.40. The second kappa shape index (κ2) is 8.32. The van der Waals surface area contributed by atoms with E-state index in [1.807, 2.05) is 0 Å². The normalized spacial score (nSPS) is 15.0. The number of benzene rings is 2. The summed E-state index contributed by atoms with van der Waals surface area (Å²) in [5, 5.41) is 2.91. The van der Waals surface area contributed by atoms with Gasteiger partial charge in [-0.3, -0.25) is 4.79 Å². The molecule has 1 aliphatic heterocycles. The van der Waals surface area contributed by atoms with E-state index in [4.69, 9.17) is 21.1 Å². The smallest absolute Gasteiger partial charge is 0.339 e. The van der Waals surface area contributed by atoms with Crippen LogP contribution in [0.15, 0.2) is 36.4 Å². The van der Waals surface area contributed by atoms with Crippen LogP contribution in [0.2, 0.25) is 5.02 Å². The van der Waals surface area contributed by atoms with Crippen molar-refractivity contribution in [3.05, 3.63) is 63.7 Å². The Morgan fingerprint density at radius 3 is 2.48 bits per heavy atom. The van der Waals surface area contributed by atoms with Gasteiger partial charge in [-0.15, -0.1) is 0 Å². The highest BCUT2D eigenvalue weighted by Gasteiger charge is 2.32. The van der Waals surface area contributed by atoms with Crippen LogP contribution in [-0.4, -0.2) is 44.1 Å². The number of fused-ring (bicyclic) bond motifs is 1. The minimum absolute atomic E-state index is 0.0303. The van der Waals surface area contributed by atoms with Gasteiger partial charge in [0.05, 0.1) is 36.6 Å². The fourth-order valence-electron chi connectivity index (χ4n) is 2.89. The molecule has 29 heavy (non-hydrogen) atoms. The molecule has 0 spiro atoms. The van der Waals surface area contributed by atoms with Gasteiger partial charge >= 0.3 is 17.9 Å². The van der Waals surface area contributed by atoms with Gasteiger partial charge in [0.1, 0.15) is 0 Å². The number of carbonyl (C=O) groups is 4. The van der Waals surface area contributed by atoms with Gasteiger partial charge < -0.3 is 19.5 Å². The van der Waals surface area contributed by atoms with E-state index >= 15 is 0 Å². The zero-order valence-electron chi connectivity index (χ0n) is 15.5. The number of hydrogen-bond donors (Lipinski definition) is 1. The van der Waals surface area contributed by atoms with Crippen LogP contribution >= 0.6 is 11.6 Å². The summed E-state index contributed by atoms with van der Waals surface area (Å²) in [6, 6.07) is 8.72. The molecule has 2 aromatic carbocycles. The quantitative estimate of drug-likeness (QED) is 0.601. The van der Waals surface area contributed by atoms with Crippen molar-refractivity contribution in [1.82, 2.24) is 0 Å². The molecule has 8 nitrogen and oxygen atoms in total. The predicted molar refractivity (Wildman–Crippen MR) is 102 cm³/mol. The van der Waals surface area contributed by atoms with Gasteiger partial charge in [-0.2, -0.15) is 0 Å². The first kappa shape index (κ1) is 20.3. The van der Waals surface area contributed by atoms with Crippen molar-refractivity contribution in [3.8, 4) is 0 Å². The molecule has 9 heteroatoms. The fourth-order valence-corrected chi connectivity index (χ4v) is 3.06. The van der Waals surface area contributed by atoms with Crippen LogP contribution in [0.1, 0.15) is 36.6 Å². The van der Waals surface area contributed by atoms with E-state index in [1.54, 1.807) is 12.1 Å². The number of hydrogen-bond acceptors (Lipinski definition) is 7. The van der Waals surface area contributed by atoms with E-state index in [2.05, 4.69) is 10.1 Å². The lowest BCUT2D eigenvalue weighted by Gasteiger charge is -2.24. The fraction of sp³-hybridized carbons (Fsp3) is 0.200. The van der Waals surface area contributed by atoms with Crippen molar-refractivity contribution in [2.24, 2.45) is 0 Å². The SMILES string of the molecule is COC(=O)c1ccc(C(=O)OC)c(NC(=O)[C@H]2Cc3ccc(Cl)cc3C(=O)O2)c1. The molecule has 0 fully saturated rings. The highest BCUT2D eigenvalue weighted by molar-refractivity contribution is 6.31. The highest BCUT2D eigenvalue weighted by Crippen LogP contribution is 2.26. The molecule has 3 rings (SSSR count). The summed E-state index contributed by atoms with van der Waals surface area (Å²) in [5.41, 5.74) is 1.09. The van der Waals surface area contributed by atoms with Gasteiger partial charge in [0.2, 0.25) is 0 Å². The minimum Gasteiger partial charge on any atom is -0.465 e. The minimum atomic E-state index is -1.12. The van der Waals surface area contributed by atoms with Crippen molar-refractivity contribution in [2.75, 3.05) is 19.5 Å². The van der Waals surface area contributed by atoms with Crippen LogP contribution in [0.4, 0.5) is 5.69 Å². The van der Waals surface area contributed by atoms with Gasteiger partial charge in [-0.05, 0) is 35.9 Å². The monoisotopic (exact) mass is 417 g/mol. The van der Waals surface area contributed by atoms with E-state index in [9.17, 15) is 19.2 Å². The third kappa shape index (κ3) is 4.22. The topological polar surface area (TPSA) is 108 Å². The van der Waals surface area contributed by atoms with Gasteiger partial charge in [-0.25, -0.2) is 14.4 Å². The number of halogens is 1. The van der Waals surface area contributed by atoms with E-state index in [0.717, 1.165) is 0 Å². The number of anilines is 1. The van der Waals surface area contributed by atoms with Gasteiger partial charge in [0, 0.05) is 11.4 Å². The van der Waals surface area contributed by atoms with Crippen LogP contribution in [0.25, 0.3) is 0 Å². The van der Waals surface area contributed by atoms with Gasteiger partial charge in [0.15, 0.2) is 6.10 Å². The molecular weight excluding hydrogens is 402 g/mol. The van der Waals surface area contributed by atoms with Crippen LogP contribution in [0.3, 0.4) is 0 Å². The standard InChI is InChI=1S/C20H16ClNO7/c1-27-18(24)11-4-6-13(19(25)28-2)15(7-11)22-17(23)16-8-10-3-5-12(21)9-14(10)20(26)29-16/h3-7,9,16H,8H2,1-2H3,(H,22,23)/t16-/m1/s1. The first-order valence-electron chi connectivity index (χ1n) is 8.45. The number of nitrogens with one attached hydrogen (secondary N) is 1. The highest BCUT2D eigenvalue weighted by atomic mass is 35.5. The summed E-state index contributed by atoms with van der Waals surface area (Å²) in [6.45, 7) is 0. The van der Waals surface area contributed by atoms with E-state index in [0.29, 0.717) is 16.1 Å². The molecule has 0 aliphatic carbocycles. The lowest BCUT2D eigenvalue weighted by atomic mass is 9.98. The molecule has 1 amide bonds. The second-order valence-electron chi connectivity index (χ2n) is 6.13. The van der Waals surface area contributed by atoms with Crippen molar-refractivity contribution in [3.63, 3.8) is 0 Å². The molecule has 0 radical (unpaired) electrons. The Bertz CT molecular complexity index is 1020. The lowest BCUT2D eigenvalue weighted by Crippen LogP contribution is -2.38. The van der Waals surface area contributed by atoms with Gasteiger partial charge in [0.25, 0.3) is 5.91 Å². The number of amides is 1. The first-order chi connectivity index (χ1) is 13.8. The maximum absolute atomic E-state index is 12.7. The Morgan fingerprint density at radius 2 is 1.79 bits per heavy atom. The van der Waals surface area contributed by atoms with Crippen molar-refractivity contribution >= 4 is 41.1 Å². The molecule has 150 valence electrons. The maximum Gasteiger partial charge on any atom is 0.339 e. The Labute approximate surface area is 170 Å². The molecule has 1 N–H and O–H groups in total. The Balaban J connectivity index is 1.88. The van der Waals surface area contributed by atoms with Crippen molar-refractivity contribution < 1.29 is 33.4 Å². The molecule has 0 saturated carbocycles. The number of ether oxygens (including phenoxy) is 3. The Morgan fingerprint density at radius 1 is 1.07 bits per heavy atom. The predicted octanol–water partition coefficient (Wildman–Crippen LogP) is 2.63. The summed E-state index contributed by atoms with van der Waals surface area (Å²) in [4.78, 5) is 48.7. The van der Waals surface area contributed by atoms with Crippen LogP contribution in [0, 0.1) is 0 Å². The molecule has 1 atom stereocenters. The number of carbonyl (C=O) groups excluding carboxylic acids is 4. The van der Waals surface area contributed by atoms with Crippen LogP contribution in [0.5, 0.6) is 0 Å². The van der Waals surface area contributed by atoms with E-state index < -0.39 is 29.9 Å². The molecule has 0 aromatic heterocycles. The summed E-state index contributed by atoms with van der Waals surface area (Å²) in [5.74, 6) is -2.69. The Hall–Kier alpha value is -3.39. The van der Waals surface area contributed by atoms with E-state index in [1.165, 1.54) is 38.5 Å². The van der Waals surface area contributed by atoms with Crippen LogP contribution < -0.4 is 5.32 Å². The largest absolute Gasteiger partial charge is 0.465 e. The van der Waals surface area contributed by atoms with Crippen LogP contribution in [-0.2, 0) is 25.4 Å². The number of esters is 3. The number of methoxy groups -OCH3 is 2. The molecule has 0 saturated heterocycles. The van der Waals surface area contributed by atoms with Crippen molar-refractivity contribution in [1.29, 1.82) is 0 Å². The summed E-state index contributed by atoms with van der Waals surface area (Å²) in [6.07, 6.45) is -0.989. The van der Waals surface area contributed by atoms with Gasteiger partial charge in [-0.1, -0.05) is 17.7 Å². The first-order valence-corrected chi connectivity index (χ1v) is 8.82. The third-order valence-corrected chi connectivity index (χ3v) is 4.58. The maximum atomic E-state index is 12.7. The second-order valence-corrected chi connectivity index (χ2v) is 6.57. The molecule has 0 bridgehead atoms. The average Bonchev–Trinajstić information content (AvgIpc) is 2.72. The molecule has 2 aromatic rings. The summed E-state index contributed by atoms with van der Waals surface area (Å²) >= 11 is 5.89. The molecule has 0 unspecified atom stereocenters. The number of cyclic esters (lactones) is 1. The summed E-state index contributed by atoms with van der Waals surface area (Å²) < 4.78 is 14.6. The van der Waals surface area contributed by atoms with E-state index in [-0.39, 0.29) is 23.2 Å². The average molecular weight is 418 g/mol. The lowest BCUT2D eigenvalue weighted by molar-refractivity contribution is -0.125. The zero-order chi connectivity index (χ0) is 21.1. The molecular formula is C20H16ClNO7. The third-order valence-electron chi connectivity index (χ3n) is 4.34. The van der Waals surface area contributed by atoms with Crippen molar-refractivity contribution in [2.45, 2.75) is 12.5 Å². The molecule has 1 aliphatic rings. The molecule has 1 heterocycles. The number of rotatable bonds is 4. The Kier molecular flexibility index (Phi) is 5.84.